The molecule has 0 N–H and O–H groups in total. The van der Waals surface area contributed by atoms with Gasteiger partial charge in [0.2, 0.25) is 22.8 Å². The SMILES string of the molecule is CC1=C2C(c3ccc(C)s3)=CC3=[N+]2C24n5c1cc(-c1ccc(C)s1)c5C(C)=C1C=C(c5ccc(C)s5)C(=[N+]12)C(C)=c1cc(-c2ccc(C)s2)c(n14)=C3C. The summed E-state index contributed by atoms with van der Waals surface area (Å²) >= 11 is 7.62. The molecule has 53 heavy (non-hydrogen) atoms. The van der Waals surface area contributed by atoms with Crippen LogP contribution in [0.4, 0.5) is 0 Å². The molecule has 6 aromatic heterocycles. The summed E-state index contributed by atoms with van der Waals surface area (Å²) in [5.41, 5.74) is 18.5. The Morgan fingerprint density at radius 1 is 0.528 bits per heavy atom. The summed E-state index contributed by atoms with van der Waals surface area (Å²) in [4.78, 5) is 10.7. The van der Waals surface area contributed by atoms with E-state index in [1.54, 1.807) is 0 Å². The van der Waals surface area contributed by atoms with Gasteiger partial charge in [-0.3, -0.25) is 0 Å². The molecule has 12 rings (SSSR count). The van der Waals surface area contributed by atoms with Crippen molar-refractivity contribution in [3.8, 4) is 20.9 Å². The van der Waals surface area contributed by atoms with Crippen LogP contribution in [0.3, 0.4) is 0 Å². The van der Waals surface area contributed by atoms with Crippen LogP contribution in [-0.4, -0.2) is 29.7 Å². The maximum absolute atomic E-state index is 2.75. The van der Waals surface area contributed by atoms with Crippen LogP contribution in [0.15, 0.2) is 84.2 Å². The van der Waals surface area contributed by atoms with Crippen molar-refractivity contribution in [3.63, 3.8) is 0 Å². The van der Waals surface area contributed by atoms with E-state index in [0.29, 0.717) is 0 Å². The van der Waals surface area contributed by atoms with Crippen LogP contribution >= 0.6 is 45.3 Å². The van der Waals surface area contributed by atoms with Gasteiger partial charge in [0.25, 0.3) is 0 Å². The highest BCUT2D eigenvalue weighted by atomic mass is 32.1. The summed E-state index contributed by atoms with van der Waals surface area (Å²) in [7, 11) is 0. The van der Waals surface area contributed by atoms with Crippen LogP contribution in [0, 0.1) is 27.7 Å². The first kappa shape index (κ1) is 30.8. The van der Waals surface area contributed by atoms with Gasteiger partial charge < -0.3 is 0 Å². The molecule has 0 saturated heterocycles. The molecule has 0 amide bonds. The largest absolute Gasteiger partial charge is 0.553 e. The first-order chi connectivity index (χ1) is 25.6. The molecule has 1 atom stereocenters. The molecule has 1 spiro atoms. The Morgan fingerprint density at radius 2 is 1.11 bits per heavy atom. The van der Waals surface area contributed by atoms with Crippen LogP contribution in [-0.2, 0) is 5.91 Å². The summed E-state index contributed by atoms with van der Waals surface area (Å²) in [6, 6.07) is 23.5. The van der Waals surface area contributed by atoms with Gasteiger partial charge in [-0.2, -0.15) is 9.13 Å². The Labute approximate surface area is 324 Å². The van der Waals surface area contributed by atoms with Gasteiger partial charge in [-0.15, -0.1) is 45.3 Å². The summed E-state index contributed by atoms with van der Waals surface area (Å²) in [5.74, 6) is -0.743. The predicted molar refractivity (Wildman–Crippen MR) is 226 cm³/mol. The van der Waals surface area contributed by atoms with Gasteiger partial charge >= 0.3 is 5.91 Å². The lowest BCUT2D eigenvalue weighted by molar-refractivity contribution is -0.834. The molecule has 12 heterocycles. The van der Waals surface area contributed by atoms with Crippen molar-refractivity contribution in [1.29, 1.82) is 0 Å². The van der Waals surface area contributed by atoms with Crippen molar-refractivity contribution in [2.24, 2.45) is 0 Å². The van der Waals surface area contributed by atoms with E-state index < -0.39 is 5.91 Å². The number of rotatable bonds is 4. The minimum absolute atomic E-state index is 0.743. The maximum atomic E-state index is 2.75. The standard InChI is InChI=1S/C45H36N4S4/c1-21-9-13-37(50-21)29-17-33-26(6)42-31(39-15-11-23(3)52-39)19-35-28(8)44-32(40-16-12-24(4)53-40)20-36-27(7)43-30(38-14-10-22(2)51-38)18-34-25(5)41(29)46(33)45(47(34)43,48(35)42)49(36)44/h9-20H,1-8H3/q+2. The van der Waals surface area contributed by atoms with Gasteiger partial charge in [0.15, 0.2) is 0 Å². The zero-order valence-electron chi connectivity index (χ0n) is 30.9. The van der Waals surface area contributed by atoms with Crippen molar-refractivity contribution >= 4 is 90.2 Å². The molecule has 6 aliphatic heterocycles. The van der Waals surface area contributed by atoms with E-state index >= 15 is 0 Å². The van der Waals surface area contributed by atoms with E-state index in [1.165, 1.54) is 128 Å². The number of hydrogen-bond donors (Lipinski definition) is 0. The lowest BCUT2D eigenvalue weighted by atomic mass is 9.98. The third-order valence-corrected chi connectivity index (χ3v) is 16.3. The van der Waals surface area contributed by atoms with E-state index in [9.17, 15) is 0 Å². The number of thiophene rings is 4. The number of hydrogen-bond acceptors (Lipinski definition) is 4. The molecule has 0 fully saturated rings. The second-order valence-corrected chi connectivity index (χ2v) is 20.4. The maximum Gasteiger partial charge on any atom is 0.553 e. The van der Waals surface area contributed by atoms with Crippen molar-refractivity contribution < 1.29 is 9.15 Å². The van der Waals surface area contributed by atoms with Gasteiger partial charge in [-0.05, 0) is 116 Å². The molecule has 4 nitrogen and oxygen atoms in total. The zero-order chi connectivity index (χ0) is 36.0. The Hall–Kier alpha value is -4.60. The smallest absolute Gasteiger partial charge is 0.198 e. The van der Waals surface area contributed by atoms with E-state index in [1.807, 2.05) is 45.3 Å². The Balaban J connectivity index is 1.34. The van der Waals surface area contributed by atoms with E-state index in [-0.39, 0.29) is 0 Å². The summed E-state index contributed by atoms with van der Waals surface area (Å²) in [6.07, 6.45) is 5.04. The second-order valence-electron chi connectivity index (χ2n) is 15.3. The number of allylic oxidation sites excluding steroid dienone is 6. The van der Waals surface area contributed by atoms with Gasteiger partial charge in [0, 0.05) is 84.6 Å². The summed E-state index contributed by atoms with van der Waals surface area (Å²) < 4.78 is 11.0. The van der Waals surface area contributed by atoms with Crippen molar-refractivity contribution in [2.75, 3.05) is 0 Å². The molecule has 0 aliphatic carbocycles. The third kappa shape index (κ3) is 3.49. The first-order valence-corrected chi connectivity index (χ1v) is 21.5. The molecule has 0 aromatic carbocycles. The van der Waals surface area contributed by atoms with E-state index in [2.05, 4.69) is 146 Å². The molecule has 0 radical (unpaired) electrons. The van der Waals surface area contributed by atoms with Crippen molar-refractivity contribution in [3.05, 3.63) is 136 Å². The molecular formula is C45H36N4S4+2. The van der Waals surface area contributed by atoms with E-state index in [4.69, 9.17) is 0 Å². The molecule has 258 valence electrons. The molecule has 6 aliphatic rings. The number of aryl methyl sites for hydroxylation is 4. The monoisotopic (exact) mass is 760 g/mol. The summed E-state index contributed by atoms with van der Waals surface area (Å²) in [6.45, 7) is 18.4. The quantitative estimate of drug-likeness (QED) is 0.159. The number of nitrogens with zero attached hydrogens (tertiary/aromatic N) is 4. The molecule has 0 saturated carbocycles. The van der Waals surface area contributed by atoms with Crippen LogP contribution in [0.25, 0.3) is 54.3 Å². The highest BCUT2D eigenvalue weighted by molar-refractivity contribution is 7.16. The fourth-order valence-electron chi connectivity index (χ4n) is 10.0. The topological polar surface area (TPSA) is 15.9 Å². The lowest BCUT2D eigenvalue weighted by Crippen LogP contribution is -2.71. The Kier molecular flexibility index (Phi) is 5.77. The fourth-order valence-corrected chi connectivity index (χ4v) is 13.6. The van der Waals surface area contributed by atoms with Crippen molar-refractivity contribution in [1.82, 2.24) is 9.13 Å². The molecule has 8 heteroatoms. The van der Waals surface area contributed by atoms with E-state index in [0.717, 1.165) is 0 Å². The van der Waals surface area contributed by atoms with Gasteiger partial charge in [-0.1, -0.05) is 9.15 Å². The number of aromatic nitrogens is 2. The third-order valence-electron chi connectivity index (χ3n) is 12.2. The minimum Gasteiger partial charge on any atom is -0.198 e. The Morgan fingerprint density at radius 3 is 1.72 bits per heavy atom. The van der Waals surface area contributed by atoms with Gasteiger partial charge in [0.1, 0.15) is 0 Å². The molecule has 1 unspecified atom stereocenters. The lowest BCUT2D eigenvalue weighted by Gasteiger charge is -2.40. The van der Waals surface area contributed by atoms with Crippen LogP contribution in [0.2, 0.25) is 0 Å². The molecule has 6 aromatic rings. The zero-order valence-corrected chi connectivity index (χ0v) is 34.1. The van der Waals surface area contributed by atoms with Gasteiger partial charge in [-0.25, -0.2) is 0 Å². The Bertz CT molecular complexity index is 3140. The van der Waals surface area contributed by atoms with Crippen LogP contribution in [0.5, 0.6) is 0 Å². The van der Waals surface area contributed by atoms with Crippen LogP contribution < -0.4 is 10.7 Å². The minimum atomic E-state index is -0.743. The second kappa shape index (κ2) is 9.93. The van der Waals surface area contributed by atoms with Crippen molar-refractivity contribution in [2.45, 2.75) is 61.3 Å². The molecular weight excluding hydrogens is 725 g/mol. The summed E-state index contributed by atoms with van der Waals surface area (Å²) in [5, 5.41) is 2.62. The average molecular weight is 761 g/mol. The predicted octanol–water partition coefficient (Wildman–Crippen LogP) is 10.2. The first-order valence-electron chi connectivity index (χ1n) is 18.3. The normalized spacial score (nSPS) is 20.4. The van der Waals surface area contributed by atoms with Crippen LogP contribution in [0.1, 0.15) is 68.3 Å². The highest BCUT2D eigenvalue weighted by Crippen LogP contribution is 2.57. The average Bonchev–Trinajstić information content (AvgIpc) is 3.97. The van der Waals surface area contributed by atoms with Gasteiger partial charge in [0.05, 0.1) is 33.2 Å². The molecule has 0 bridgehead atoms. The highest BCUT2D eigenvalue weighted by Gasteiger charge is 2.74. The fraction of sp³-hybridized carbons (Fsp3) is 0.200.